The van der Waals surface area contributed by atoms with Crippen LogP contribution in [0.4, 0.5) is 0 Å². The molecule has 0 spiro atoms. The Kier molecular flexibility index (Phi) is 4.97. The molecule has 3 rings (SSSR count). The molecule has 1 N–H and O–H groups in total. The molecule has 0 unspecified atom stereocenters. The van der Waals surface area contributed by atoms with Crippen LogP contribution >= 0.6 is 12.2 Å². The van der Waals surface area contributed by atoms with Crippen LogP contribution in [0.15, 0.2) is 22.8 Å². The molecule has 1 aliphatic carbocycles. The number of carbonyl (C=O) groups is 1. The fourth-order valence-electron chi connectivity index (χ4n) is 3.18. The van der Waals surface area contributed by atoms with E-state index in [1.54, 1.807) is 12.1 Å². The minimum atomic E-state index is -0.0317. The monoisotopic (exact) mass is 321 g/mol. The Labute approximate surface area is 136 Å². The van der Waals surface area contributed by atoms with Crippen molar-refractivity contribution in [3.8, 4) is 0 Å². The average Bonchev–Trinajstić information content (AvgIpc) is 3.10. The number of hydrogen-bond acceptors (Lipinski definition) is 3. The highest BCUT2D eigenvalue weighted by atomic mass is 32.1. The first kappa shape index (κ1) is 15.3. The lowest BCUT2D eigenvalue weighted by Crippen LogP contribution is -2.54. The Balaban J connectivity index is 1.46. The normalized spacial score (nSPS) is 20.0. The molecular weight excluding hydrogens is 298 g/mol. The zero-order valence-electron chi connectivity index (χ0n) is 12.8. The zero-order valence-corrected chi connectivity index (χ0v) is 13.6. The molecule has 1 aromatic rings. The minimum absolute atomic E-state index is 0.0317. The second-order valence-corrected chi connectivity index (χ2v) is 6.43. The number of piperazine rings is 1. The number of thiocarbonyl (C=S) groups is 1. The summed E-state index contributed by atoms with van der Waals surface area (Å²) >= 11 is 5.53. The molecule has 120 valence electrons. The molecule has 0 bridgehead atoms. The summed E-state index contributed by atoms with van der Waals surface area (Å²) < 4.78 is 5.18. The number of furan rings is 1. The number of carbonyl (C=O) groups excluding carboxylic acids is 1. The van der Waals surface area contributed by atoms with Gasteiger partial charge in [-0.05, 0) is 37.2 Å². The first-order valence-corrected chi connectivity index (χ1v) is 8.53. The smallest absolute Gasteiger partial charge is 0.289 e. The lowest BCUT2D eigenvalue weighted by atomic mass is 9.96. The summed E-state index contributed by atoms with van der Waals surface area (Å²) in [7, 11) is 0. The summed E-state index contributed by atoms with van der Waals surface area (Å²) in [4.78, 5) is 16.2. The van der Waals surface area contributed by atoms with Crippen LogP contribution in [-0.2, 0) is 0 Å². The molecule has 22 heavy (non-hydrogen) atoms. The molecule has 6 heteroatoms. The molecule has 0 radical (unpaired) electrons. The van der Waals surface area contributed by atoms with Crippen LogP contribution < -0.4 is 5.32 Å². The Bertz CT molecular complexity index is 503. The third-order valence-electron chi connectivity index (χ3n) is 4.52. The summed E-state index contributed by atoms with van der Waals surface area (Å²) in [6.45, 7) is 2.94. The van der Waals surface area contributed by atoms with Gasteiger partial charge in [0.2, 0.25) is 0 Å². The number of nitrogens with one attached hydrogen (secondary N) is 1. The summed E-state index contributed by atoms with van der Waals surface area (Å²) in [6, 6.07) is 3.99. The Hall–Kier alpha value is -1.56. The van der Waals surface area contributed by atoms with Gasteiger partial charge in [0.25, 0.3) is 5.91 Å². The molecule has 2 heterocycles. The van der Waals surface area contributed by atoms with E-state index in [0.29, 0.717) is 24.9 Å². The van der Waals surface area contributed by atoms with E-state index < -0.39 is 0 Å². The fourth-order valence-corrected chi connectivity index (χ4v) is 3.53. The van der Waals surface area contributed by atoms with Crippen LogP contribution in [0, 0.1) is 0 Å². The summed E-state index contributed by atoms with van der Waals surface area (Å²) in [5.74, 6) is 0.382. The van der Waals surface area contributed by atoms with Crippen molar-refractivity contribution >= 4 is 23.2 Å². The number of rotatable bonds is 2. The third-order valence-corrected chi connectivity index (χ3v) is 4.89. The van der Waals surface area contributed by atoms with E-state index in [9.17, 15) is 4.79 Å². The van der Waals surface area contributed by atoms with Crippen molar-refractivity contribution in [3.63, 3.8) is 0 Å². The van der Waals surface area contributed by atoms with Gasteiger partial charge < -0.3 is 19.5 Å². The van der Waals surface area contributed by atoms with Crippen molar-refractivity contribution in [2.24, 2.45) is 0 Å². The molecule has 1 saturated heterocycles. The van der Waals surface area contributed by atoms with Crippen molar-refractivity contribution in [1.29, 1.82) is 0 Å². The lowest BCUT2D eigenvalue weighted by molar-refractivity contribution is 0.0659. The first-order valence-electron chi connectivity index (χ1n) is 8.12. The van der Waals surface area contributed by atoms with Gasteiger partial charge in [0.1, 0.15) is 0 Å². The average molecular weight is 321 g/mol. The highest BCUT2D eigenvalue weighted by Crippen LogP contribution is 2.18. The van der Waals surface area contributed by atoms with Gasteiger partial charge in [-0.3, -0.25) is 4.79 Å². The second kappa shape index (κ2) is 7.13. The largest absolute Gasteiger partial charge is 0.459 e. The first-order chi connectivity index (χ1) is 10.7. The highest BCUT2D eigenvalue weighted by Gasteiger charge is 2.25. The summed E-state index contributed by atoms with van der Waals surface area (Å²) in [5.41, 5.74) is 0. The van der Waals surface area contributed by atoms with Gasteiger partial charge in [-0.25, -0.2) is 0 Å². The molecule has 1 amide bonds. The van der Waals surface area contributed by atoms with E-state index in [2.05, 4.69) is 10.2 Å². The maximum Gasteiger partial charge on any atom is 0.289 e. The van der Waals surface area contributed by atoms with Crippen molar-refractivity contribution in [2.45, 2.75) is 38.1 Å². The molecule has 0 atom stereocenters. The Morgan fingerprint density at radius 3 is 2.45 bits per heavy atom. The number of hydrogen-bond donors (Lipinski definition) is 1. The van der Waals surface area contributed by atoms with E-state index in [0.717, 1.165) is 18.2 Å². The molecule has 0 aromatic carbocycles. The lowest BCUT2D eigenvalue weighted by Gasteiger charge is -2.37. The molecule has 1 aromatic heterocycles. The van der Waals surface area contributed by atoms with Crippen LogP contribution in [0.25, 0.3) is 0 Å². The van der Waals surface area contributed by atoms with Gasteiger partial charge in [-0.2, -0.15) is 0 Å². The van der Waals surface area contributed by atoms with Gasteiger partial charge in [0, 0.05) is 32.2 Å². The maximum absolute atomic E-state index is 12.2. The minimum Gasteiger partial charge on any atom is -0.459 e. The predicted molar refractivity (Wildman–Crippen MR) is 88.8 cm³/mol. The molecule has 2 aliphatic rings. The standard InChI is InChI=1S/C16H23N3O2S/c20-15(14-7-4-12-21-14)18-8-10-19(11-9-18)16(22)17-13-5-2-1-3-6-13/h4,7,12-13H,1-3,5-6,8-11H2,(H,17,22). The van der Waals surface area contributed by atoms with E-state index in [1.165, 1.54) is 38.4 Å². The van der Waals surface area contributed by atoms with E-state index in [1.807, 2.05) is 4.90 Å². The number of amides is 1. The Morgan fingerprint density at radius 1 is 1.14 bits per heavy atom. The Morgan fingerprint density at radius 2 is 1.82 bits per heavy atom. The molecule has 2 fully saturated rings. The van der Waals surface area contributed by atoms with E-state index in [4.69, 9.17) is 16.6 Å². The fraction of sp³-hybridized carbons (Fsp3) is 0.625. The quantitative estimate of drug-likeness (QED) is 0.847. The third kappa shape index (κ3) is 3.61. The van der Waals surface area contributed by atoms with Gasteiger partial charge in [0.15, 0.2) is 10.9 Å². The SMILES string of the molecule is O=C(c1ccco1)N1CCN(C(=S)NC2CCCCC2)CC1. The van der Waals surface area contributed by atoms with Crippen molar-refractivity contribution < 1.29 is 9.21 Å². The van der Waals surface area contributed by atoms with Crippen LogP contribution in [0.1, 0.15) is 42.7 Å². The topological polar surface area (TPSA) is 48.7 Å². The van der Waals surface area contributed by atoms with Gasteiger partial charge in [-0.1, -0.05) is 19.3 Å². The second-order valence-electron chi connectivity index (χ2n) is 6.04. The van der Waals surface area contributed by atoms with Crippen LogP contribution in [0.5, 0.6) is 0 Å². The molecule has 1 aliphatic heterocycles. The van der Waals surface area contributed by atoms with Crippen LogP contribution in [0.3, 0.4) is 0 Å². The predicted octanol–water partition coefficient (Wildman–Crippen LogP) is 2.24. The van der Waals surface area contributed by atoms with Crippen LogP contribution in [0.2, 0.25) is 0 Å². The highest BCUT2D eigenvalue weighted by molar-refractivity contribution is 7.80. The van der Waals surface area contributed by atoms with Gasteiger partial charge in [-0.15, -0.1) is 0 Å². The van der Waals surface area contributed by atoms with E-state index >= 15 is 0 Å². The van der Waals surface area contributed by atoms with Gasteiger partial charge in [0.05, 0.1) is 6.26 Å². The number of nitrogens with zero attached hydrogens (tertiary/aromatic N) is 2. The molecule has 5 nitrogen and oxygen atoms in total. The molecule has 1 saturated carbocycles. The maximum atomic E-state index is 12.2. The summed E-state index contributed by atoms with van der Waals surface area (Å²) in [6.07, 6.45) is 7.91. The van der Waals surface area contributed by atoms with Gasteiger partial charge >= 0.3 is 0 Å². The van der Waals surface area contributed by atoms with Crippen molar-refractivity contribution in [2.75, 3.05) is 26.2 Å². The molecular formula is C16H23N3O2S. The van der Waals surface area contributed by atoms with Crippen LogP contribution in [-0.4, -0.2) is 53.0 Å². The van der Waals surface area contributed by atoms with Crippen molar-refractivity contribution in [3.05, 3.63) is 24.2 Å². The zero-order chi connectivity index (χ0) is 15.4. The summed E-state index contributed by atoms with van der Waals surface area (Å²) in [5, 5.41) is 4.34. The van der Waals surface area contributed by atoms with E-state index in [-0.39, 0.29) is 5.91 Å². The van der Waals surface area contributed by atoms with Crippen molar-refractivity contribution in [1.82, 2.24) is 15.1 Å².